The van der Waals surface area contributed by atoms with Gasteiger partial charge in [-0.15, -0.1) is 0 Å². The molecular formula is C27H50O6P2. The lowest BCUT2D eigenvalue weighted by atomic mass is 9.80. The van der Waals surface area contributed by atoms with Gasteiger partial charge in [0.15, 0.2) is 0 Å². The van der Waals surface area contributed by atoms with Crippen molar-refractivity contribution in [3.63, 3.8) is 0 Å². The van der Waals surface area contributed by atoms with Crippen molar-refractivity contribution in [2.75, 3.05) is 0 Å². The largest absolute Gasteiger partial charge is 0.335 e. The van der Waals surface area contributed by atoms with Gasteiger partial charge in [0, 0.05) is 0 Å². The average Bonchev–Trinajstić information content (AvgIpc) is 2.74. The number of hydrogen-bond acceptors (Lipinski definition) is 2. The molecule has 0 aliphatic carbocycles. The zero-order chi connectivity index (χ0) is 27.2. The van der Waals surface area contributed by atoms with Gasteiger partial charge in [-0.2, -0.15) is 0 Å². The SMILES string of the molecule is CCC(CC)(c1cc(CCC(C)CCCC(C)C)c(C(CC)(CC)P(=O)(O)O)cc1C)P(=O)(O)O. The standard InChI is InChI=1S/C27H50O6P2/c1-9-26(10-2,34(28,29)30)24-19-23(17-16-21(7)15-13-14-20(5)6)25(18-22(24)8)27(11-3,12-4)35(31,32)33/h18-21H,9-17H2,1-8H3,(H2,28,29,30)(H2,31,32,33). The van der Waals surface area contributed by atoms with Crippen LogP contribution in [0.4, 0.5) is 0 Å². The van der Waals surface area contributed by atoms with E-state index in [0.29, 0.717) is 34.9 Å². The molecule has 1 atom stereocenters. The molecule has 1 rings (SSSR count). The second-order valence-electron chi connectivity index (χ2n) is 10.9. The molecular weight excluding hydrogens is 482 g/mol. The predicted molar refractivity (Wildman–Crippen MR) is 146 cm³/mol. The fraction of sp³-hybridized carbons (Fsp3) is 0.778. The Bertz CT molecular complexity index is 906. The summed E-state index contributed by atoms with van der Waals surface area (Å²) in [5, 5.41) is -2.62. The second kappa shape index (κ2) is 12.9. The van der Waals surface area contributed by atoms with Crippen LogP contribution in [0.2, 0.25) is 0 Å². The maximum absolute atomic E-state index is 12.8. The monoisotopic (exact) mass is 532 g/mol. The normalized spacial score (nSPS) is 14.5. The summed E-state index contributed by atoms with van der Waals surface area (Å²) < 4.78 is 25.6. The summed E-state index contributed by atoms with van der Waals surface area (Å²) >= 11 is 0. The Balaban J connectivity index is 3.72. The van der Waals surface area contributed by atoms with E-state index < -0.39 is 25.5 Å². The van der Waals surface area contributed by atoms with E-state index in [2.05, 4.69) is 20.8 Å². The minimum Gasteiger partial charge on any atom is -0.324 e. The fourth-order valence-corrected chi connectivity index (χ4v) is 8.44. The van der Waals surface area contributed by atoms with E-state index in [-0.39, 0.29) is 25.7 Å². The maximum Gasteiger partial charge on any atom is 0.335 e. The Labute approximate surface area is 213 Å². The van der Waals surface area contributed by atoms with Crippen LogP contribution in [0.15, 0.2) is 12.1 Å². The van der Waals surface area contributed by atoms with Crippen molar-refractivity contribution in [1.29, 1.82) is 0 Å². The molecule has 0 saturated heterocycles. The van der Waals surface area contributed by atoms with E-state index in [0.717, 1.165) is 24.8 Å². The van der Waals surface area contributed by atoms with Gasteiger partial charge >= 0.3 is 15.2 Å². The molecule has 35 heavy (non-hydrogen) atoms. The molecule has 204 valence electrons. The van der Waals surface area contributed by atoms with Gasteiger partial charge in [-0.05, 0) is 79.5 Å². The van der Waals surface area contributed by atoms with Crippen LogP contribution in [0.25, 0.3) is 0 Å². The van der Waals surface area contributed by atoms with Crippen molar-refractivity contribution in [3.05, 3.63) is 34.4 Å². The molecule has 0 aliphatic rings. The lowest BCUT2D eigenvalue weighted by molar-refractivity contribution is 0.310. The first kappa shape index (κ1) is 32.5. The van der Waals surface area contributed by atoms with Crippen molar-refractivity contribution in [1.82, 2.24) is 0 Å². The zero-order valence-electron chi connectivity index (χ0n) is 23.2. The number of rotatable bonds is 15. The summed E-state index contributed by atoms with van der Waals surface area (Å²) in [6.07, 6.45) is 6.03. The molecule has 0 aromatic heterocycles. The minimum atomic E-state index is -4.51. The van der Waals surface area contributed by atoms with E-state index in [4.69, 9.17) is 0 Å². The van der Waals surface area contributed by atoms with Crippen molar-refractivity contribution < 1.29 is 28.7 Å². The third kappa shape index (κ3) is 7.09. The summed E-state index contributed by atoms with van der Waals surface area (Å²) in [5.41, 5.74) is 2.74. The quantitative estimate of drug-likeness (QED) is 0.172. The van der Waals surface area contributed by atoms with Crippen LogP contribution in [-0.2, 0) is 25.9 Å². The summed E-state index contributed by atoms with van der Waals surface area (Å²) in [5.74, 6) is 1.11. The molecule has 4 N–H and O–H groups in total. The number of benzene rings is 1. The predicted octanol–water partition coefficient (Wildman–Crippen LogP) is 7.78. The van der Waals surface area contributed by atoms with Crippen LogP contribution in [-0.4, -0.2) is 19.6 Å². The van der Waals surface area contributed by atoms with E-state index in [9.17, 15) is 28.7 Å². The molecule has 0 fully saturated rings. The van der Waals surface area contributed by atoms with E-state index in [1.54, 1.807) is 13.8 Å². The first-order chi connectivity index (χ1) is 16.1. The van der Waals surface area contributed by atoms with Crippen LogP contribution in [0, 0.1) is 18.8 Å². The molecule has 0 heterocycles. The van der Waals surface area contributed by atoms with Crippen molar-refractivity contribution in [3.8, 4) is 0 Å². The summed E-state index contributed by atoms with van der Waals surface area (Å²) in [7, 11) is -9.00. The van der Waals surface area contributed by atoms with Crippen molar-refractivity contribution in [2.45, 2.75) is 123 Å². The molecule has 0 spiro atoms. The van der Waals surface area contributed by atoms with Gasteiger partial charge in [0.2, 0.25) is 0 Å². The van der Waals surface area contributed by atoms with Gasteiger partial charge < -0.3 is 19.6 Å². The van der Waals surface area contributed by atoms with Crippen molar-refractivity contribution >= 4 is 15.2 Å². The molecule has 0 saturated carbocycles. The first-order valence-corrected chi connectivity index (χ1v) is 16.5. The van der Waals surface area contributed by atoms with Crippen molar-refractivity contribution in [2.24, 2.45) is 11.8 Å². The Hall–Kier alpha value is -0.480. The molecule has 1 aromatic rings. The van der Waals surface area contributed by atoms with Crippen LogP contribution in [0.1, 0.15) is 122 Å². The molecule has 8 heteroatoms. The van der Waals surface area contributed by atoms with Gasteiger partial charge in [-0.3, -0.25) is 9.13 Å². The second-order valence-corrected chi connectivity index (χ2v) is 14.7. The Kier molecular flexibility index (Phi) is 12.0. The lowest BCUT2D eigenvalue weighted by Crippen LogP contribution is -2.29. The number of aryl methyl sites for hydroxylation is 2. The van der Waals surface area contributed by atoms with Crippen LogP contribution in [0.3, 0.4) is 0 Å². The summed E-state index contributed by atoms with van der Waals surface area (Å²) in [6, 6.07) is 3.68. The van der Waals surface area contributed by atoms with Gasteiger partial charge in [0.1, 0.15) is 0 Å². The molecule has 6 nitrogen and oxygen atoms in total. The minimum absolute atomic E-state index is 0.282. The average molecular weight is 533 g/mol. The van der Waals surface area contributed by atoms with Gasteiger partial charge in [-0.1, -0.05) is 79.9 Å². The Morgan fingerprint density at radius 1 is 0.743 bits per heavy atom. The van der Waals surface area contributed by atoms with Crippen LogP contribution in [0.5, 0.6) is 0 Å². The topological polar surface area (TPSA) is 115 Å². The molecule has 0 radical (unpaired) electrons. The third-order valence-corrected chi connectivity index (χ3v) is 12.3. The summed E-state index contributed by atoms with van der Waals surface area (Å²) in [6.45, 7) is 15.7. The van der Waals surface area contributed by atoms with Gasteiger partial charge in [-0.25, -0.2) is 0 Å². The smallest absolute Gasteiger partial charge is 0.324 e. The molecule has 1 aromatic carbocycles. The molecule has 1 unspecified atom stereocenters. The molecule has 0 amide bonds. The first-order valence-electron chi connectivity index (χ1n) is 13.3. The van der Waals surface area contributed by atoms with Crippen LogP contribution >= 0.6 is 15.2 Å². The zero-order valence-corrected chi connectivity index (χ0v) is 25.0. The maximum atomic E-state index is 12.8. The number of hydrogen-bond donors (Lipinski definition) is 4. The molecule has 0 bridgehead atoms. The molecule has 0 aliphatic heterocycles. The van der Waals surface area contributed by atoms with Crippen LogP contribution < -0.4 is 0 Å². The van der Waals surface area contributed by atoms with Gasteiger partial charge in [0.25, 0.3) is 0 Å². The Morgan fingerprint density at radius 2 is 1.20 bits per heavy atom. The summed E-state index contributed by atoms with van der Waals surface area (Å²) in [4.78, 5) is 41.7. The highest BCUT2D eigenvalue weighted by Gasteiger charge is 2.49. The fourth-order valence-electron chi connectivity index (χ4n) is 5.71. The highest BCUT2D eigenvalue weighted by atomic mass is 31.2. The highest BCUT2D eigenvalue weighted by molar-refractivity contribution is 7.53. The Morgan fingerprint density at radius 3 is 1.60 bits per heavy atom. The van der Waals surface area contributed by atoms with E-state index >= 15 is 0 Å². The van der Waals surface area contributed by atoms with Gasteiger partial charge in [0.05, 0.1) is 10.3 Å². The third-order valence-electron chi connectivity index (χ3n) is 8.29. The van der Waals surface area contributed by atoms with E-state index in [1.807, 2.05) is 32.9 Å². The van der Waals surface area contributed by atoms with E-state index in [1.165, 1.54) is 6.42 Å². The lowest BCUT2D eigenvalue weighted by Gasteiger charge is -2.38. The highest BCUT2D eigenvalue weighted by Crippen LogP contribution is 2.64.